The highest BCUT2D eigenvalue weighted by atomic mass is 16.5. The van der Waals surface area contributed by atoms with Gasteiger partial charge in [-0.1, -0.05) is 6.92 Å². The molecule has 14 atom stereocenters. The summed E-state index contributed by atoms with van der Waals surface area (Å²) >= 11 is 0. The maximum Gasteiger partial charge on any atom is 0.136 e. The van der Waals surface area contributed by atoms with E-state index in [4.69, 9.17) is 14.2 Å². The fraction of sp³-hybridized carbons (Fsp3) is 1.00. The molecule has 0 aromatic rings. The molecule has 5 aliphatic carbocycles. The summed E-state index contributed by atoms with van der Waals surface area (Å²) in [7, 11) is 4.74. The number of rotatable bonds is 5. The molecule has 188 valence electrons. The van der Waals surface area contributed by atoms with Crippen molar-refractivity contribution in [2.75, 3.05) is 41.0 Å². The summed E-state index contributed by atoms with van der Waals surface area (Å²) in [4.78, 5) is 2.18. The van der Waals surface area contributed by atoms with Gasteiger partial charge in [-0.3, -0.25) is 4.90 Å². The first-order chi connectivity index (χ1) is 15.7. The third kappa shape index (κ3) is 2.12. The van der Waals surface area contributed by atoms with Gasteiger partial charge >= 0.3 is 0 Å². The lowest BCUT2D eigenvalue weighted by atomic mass is 9.42. The molecule has 6 aliphatic rings. The largest absolute Gasteiger partial charge is 0.392 e. The lowest BCUT2D eigenvalue weighted by Crippen LogP contribution is -2.82. The van der Waals surface area contributed by atoms with Crippen molar-refractivity contribution >= 4 is 0 Å². The highest BCUT2D eigenvalue weighted by molar-refractivity contribution is 5.42. The van der Waals surface area contributed by atoms with Gasteiger partial charge in [0.1, 0.15) is 11.2 Å². The van der Waals surface area contributed by atoms with Crippen LogP contribution in [-0.4, -0.2) is 119 Å². The Labute approximate surface area is 194 Å². The third-order valence-corrected chi connectivity index (χ3v) is 11.3. The van der Waals surface area contributed by atoms with E-state index < -0.39 is 76.3 Å². The predicted molar refractivity (Wildman–Crippen MR) is 115 cm³/mol. The molecule has 7 bridgehead atoms. The molecule has 0 amide bonds. The molecule has 0 radical (unpaired) electrons. The zero-order valence-electron chi connectivity index (χ0n) is 19.9. The van der Waals surface area contributed by atoms with E-state index >= 15 is 0 Å². The molecule has 1 spiro atoms. The predicted octanol–water partition coefficient (Wildman–Crippen LogP) is -1.41. The molecular weight excluding hydrogens is 430 g/mol. The van der Waals surface area contributed by atoms with Crippen LogP contribution in [0.15, 0.2) is 0 Å². The van der Waals surface area contributed by atoms with E-state index in [1.54, 1.807) is 14.2 Å². The van der Waals surface area contributed by atoms with Gasteiger partial charge in [-0.2, -0.15) is 0 Å². The minimum atomic E-state index is -1.75. The van der Waals surface area contributed by atoms with Crippen LogP contribution in [0.1, 0.15) is 26.2 Å². The van der Waals surface area contributed by atoms with Gasteiger partial charge in [-0.05, 0) is 19.4 Å². The Hall–Kier alpha value is -0.360. The van der Waals surface area contributed by atoms with Crippen molar-refractivity contribution in [3.63, 3.8) is 0 Å². The first-order valence-corrected chi connectivity index (χ1v) is 12.4. The average molecular weight is 470 g/mol. The van der Waals surface area contributed by atoms with E-state index in [1.165, 1.54) is 7.11 Å². The monoisotopic (exact) mass is 469 g/mol. The third-order valence-electron chi connectivity index (χ3n) is 11.3. The summed E-state index contributed by atoms with van der Waals surface area (Å²) in [6.45, 7) is 3.73. The Morgan fingerprint density at radius 1 is 1.00 bits per heavy atom. The summed E-state index contributed by atoms with van der Waals surface area (Å²) < 4.78 is 17.5. The van der Waals surface area contributed by atoms with Crippen LogP contribution in [0.5, 0.6) is 0 Å². The molecule has 1 aliphatic heterocycles. The molecule has 9 heteroatoms. The van der Waals surface area contributed by atoms with E-state index in [0.29, 0.717) is 32.5 Å². The number of aliphatic hydroxyl groups excluding tert-OH is 3. The van der Waals surface area contributed by atoms with Gasteiger partial charge in [-0.15, -0.1) is 0 Å². The van der Waals surface area contributed by atoms with E-state index in [9.17, 15) is 25.5 Å². The van der Waals surface area contributed by atoms with Crippen molar-refractivity contribution < 1.29 is 39.7 Å². The zero-order valence-corrected chi connectivity index (χ0v) is 19.9. The maximum atomic E-state index is 12.8. The fourth-order valence-electron chi connectivity index (χ4n) is 10.7. The second kappa shape index (κ2) is 6.89. The Balaban J connectivity index is 1.69. The molecule has 0 unspecified atom stereocenters. The van der Waals surface area contributed by atoms with Gasteiger partial charge in [0.15, 0.2) is 0 Å². The summed E-state index contributed by atoms with van der Waals surface area (Å²) in [5, 5.41) is 60.3. The maximum absolute atomic E-state index is 12.8. The smallest absolute Gasteiger partial charge is 0.136 e. The van der Waals surface area contributed by atoms with Crippen LogP contribution in [0.25, 0.3) is 0 Å². The van der Waals surface area contributed by atoms with Gasteiger partial charge < -0.3 is 39.7 Å². The summed E-state index contributed by atoms with van der Waals surface area (Å²) in [5.41, 5.74) is -4.85. The molecule has 5 N–H and O–H groups in total. The second-order valence-electron chi connectivity index (χ2n) is 11.8. The van der Waals surface area contributed by atoms with Crippen LogP contribution in [0, 0.1) is 34.5 Å². The van der Waals surface area contributed by atoms with Gasteiger partial charge in [0.2, 0.25) is 0 Å². The van der Waals surface area contributed by atoms with Crippen LogP contribution in [-0.2, 0) is 14.2 Å². The van der Waals surface area contributed by atoms with Crippen LogP contribution in [0.2, 0.25) is 0 Å². The van der Waals surface area contributed by atoms with Crippen molar-refractivity contribution in [3.8, 4) is 0 Å². The van der Waals surface area contributed by atoms with Crippen molar-refractivity contribution in [3.05, 3.63) is 0 Å². The number of ether oxygens (including phenoxy) is 3. The number of likely N-dealkylation sites (tertiary alicyclic amines) is 1. The Kier molecular flexibility index (Phi) is 4.82. The minimum Gasteiger partial charge on any atom is -0.392 e. The molecule has 1 saturated heterocycles. The summed E-state index contributed by atoms with van der Waals surface area (Å²) in [6.07, 6.45) is -2.91. The van der Waals surface area contributed by atoms with Gasteiger partial charge in [-0.25, -0.2) is 0 Å². The number of fused-ring (bicyclic) bond motifs is 2. The second-order valence-corrected chi connectivity index (χ2v) is 11.8. The molecule has 9 nitrogen and oxygen atoms in total. The summed E-state index contributed by atoms with van der Waals surface area (Å²) in [5.74, 6) is -2.29. The summed E-state index contributed by atoms with van der Waals surface area (Å²) in [6, 6.07) is -0.618. The van der Waals surface area contributed by atoms with Crippen LogP contribution in [0.4, 0.5) is 0 Å². The fourth-order valence-corrected chi connectivity index (χ4v) is 10.7. The Bertz CT molecular complexity index is 830. The van der Waals surface area contributed by atoms with Gasteiger partial charge in [0, 0.05) is 68.8 Å². The van der Waals surface area contributed by atoms with Crippen molar-refractivity contribution in [2.24, 2.45) is 34.5 Å². The molecule has 0 aromatic carbocycles. The first kappa shape index (κ1) is 23.1. The number of methoxy groups -OCH3 is 3. The highest BCUT2D eigenvalue weighted by Gasteiger charge is 2.92. The van der Waals surface area contributed by atoms with Crippen LogP contribution >= 0.6 is 0 Å². The number of hydrogen-bond donors (Lipinski definition) is 5. The topological polar surface area (TPSA) is 132 Å². The molecule has 6 fully saturated rings. The van der Waals surface area contributed by atoms with Crippen LogP contribution < -0.4 is 0 Å². The Morgan fingerprint density at radius 3 is 2.30 bits per heavy atom. The number of piperidine rings is 1. The lowest BCUT2D eigenvalue weighted by molar-refractivity contribution is -0.319. The average Bonchev–Trinajstić information content (AvgIpc) is 3.09. The van der Waals surface area contributed by atoms with Gasteiger partial charge in [0.05, 0.1) is 43.2 Å². The minimum absolute atomic E-state index is 0.101. The van der Waals surface area contributed by atoms with E-state index in [-0.39, 0.29) is 12.3 Å². The van der Waals surface area contributed by atoms with Crippen molar-refractivity contribution in [2.45, 2.75) is 73.9 Å². The number of aliphatic hydroxyl groups is 5. The zero-order chi connectivity index (χ0) is 23.7. The molecular formula is C24H39NO8. The van der Waals surface area contributed by atoms with Gasteiger partial charge in [0.25, 0.3) is 0 Å². The van der Waals surface area contributed by atoms with Crippen molar-refractivity contribution in [1.29, 1.82) is 0 Å². The normalized spacial score (nSPS) is 63.2. The molecule has 0 aromatic heterocycles. The first-order valence-electron chi connectivity index (χ1n) is 12.4. The molecule has 5 saturated carbocycles. The SMILES string of the molecule is CCN1C[C@]2(COC)CC[C@H](O)[C@@]34[C@@H]5[C@H](O)[C@H]6[C@H](O)[C@@H]5[C@](O)(C[C@@H]6OC)[C@](O)([C@@H](OC)[C@H]23)[C@@H]14. The van der Waals surface area contributed by atoms with Crippen LogP contribution in [0.3, 0.4) is 0 Å². The molecule has 33 heavy (non-hydrogen) atoms. The van der Waals surface area contributed by atoms with Crippen molar-refractivity contribution in [1.82, 2.24) is 4.90 Å². The Morgan fingerprint density at radius 2 is 1.70 bits per heavy atom. The van der Waals surface area contributed by atoms with E-state index in [0.717, 1.165) is 0 Å². The van der Waals surface area contributed by atoms with E-state index in [1.807, 2.05) is 6.92 Å². The van der Waals surface area contributed by atoms with E-state index in [2.05, 4.69) is 4.90 Å². The lowest BCUT2D eigenvalue weighted by Gasteiger charge is -2.69. The molecule has 6 rings (SSSR count). The molecule has 1 heterocycles. The standard InChI is InChI=1S/C24H39NO8/c1-5-25-9-21(10-31-2)7-6-12(26)23-15-14-16(27)13(17(15)28)11(32-3)8-22(14,29)24(30,20(23)25)19(33-4)18(21)23/h11-20,26-30H,5-10H2,1-4H3/t11-,12-,13+,14+,15-,16-,17+,18+,19-,20-,21-,22+,23+,24-/m0/s1. The number of likely N-dealkylation sites (N-methyl/N-ethyl adjacent to an activating group) is 1. The highest BCUT2D eigenvalue weighted by Crippen LogP contribution is 2.80. The quantitative estimate of drug-likeness (QED) is 0.329. The number of hydrogen-bond acceptors (Lipinski definition) is 9. The number of nitrogens with zero attached hydrogens (tertiary/aromatic N) is 1.